The minimum absolute atomic E-state index is 0.0289. The van der Waals surface area contributed by atoms with E-state index >= 15 is 0 Å². The molecule has 5 nitrogen and oxygen atoms in total. The molecular weight excluding hydrogens is 328 g/mol. The predicted molar refractivity (Wildman–Crippen MR) is 103 cm³/mol. The molecule has 2 N–H and O–H groups in total. The summed E-state index contributed by atoms with van der Waals surface area (Å²) in [7, 11) is 1.59. The average molecular weight is 354 g/mol. The number of nitrogens with zero attached hydrogens (tertiary/aromatic N) is 1. The van der Waals surface area contributed by atoms with Crippen molar-refractivity contribution < 1.29 is 14.6 Å². The van der Waals surface area contributed by atoms with Crippen LogP contribution in [0, 0.1) is 0 Å². The topological polar surface area (TPSA) is 61.8 Å². The number of benzene rings is 2. The van der Waals surface area contributed by atoms with Crippen LogP contribution in [0.5, 0.6) is 5.75 Å². The largest absolute Gasteiger partial charge is 0.495 e. The van der Waals surface area contributed by atoms with E-state index in [1.807, 2.05) is 41.3 Å². The first-order chi connectivity index (χ1) is 12.7. The summed E-state index contributed by atoms with van der Waals surface area (Å²) in [5.74, 6) is 0.631. The Morgan fingerprint density at radius 2 is 2.00 bits per heavy atom. The third kappa shape index (κ3) is 3.99. The van der Waals surface area contributed by atoms with Gasteiger partial charge in [-0.3, -0.25) is 0 Å². The van der Waals surface area contributed by atoms with Crippen LogP contribution in [0.15, 0.2) is 48.5 Å². The number of methoxy groups -OCH3 is 1. The molecule has 0 radical (unpaired) electrons. The number of aryl methyl sites for hydroxylation is 1. The highest BCUT2D eigenvalue weighted by Crippen LogP contribution is 2.35. The number of nitrogens with one attached hydrogen (secondary N) is 1. The number of anilines is 1. The van der Waals surface area contributed by atoms with Gasteiger partial charge in [-0.15, -0.1) is 0 Å². The Kier molecular flexibility index (Phi) is 6.12. The smallest absolute Gasteiger partial charge is 0.322 e. The van der Waals surface area contributed by atoms with Gasteiger partial charge in [0, 0.05) is 13.2 Å². The monoisotopic (exact) mass is 354 g/mol. The van der Waals surface area contributed by atoms with Crippen molar-refractivity contribution in [1.82, 2.24) is 4.90 Å². The number of carbonyl (C=O) groups is 1. The van der Waals surface area contributed by atoms with Crippen molar-refractivity contribution in [3.05, 3.63) is 59.7 Å². The fourth-order valence-electron chi connectivity index (χ4n) is 3.63. The van der Waals surface area contributed by atoms with Gasteiger partial charge < -0.3 is 20.1 Å². The second kappa shape index (κ2) is 8.72. The highest BCUT2D eigenvalue weighted by Gasteiger charge is 2.29. The Morgan fingerprint density at radius 1 is 1.23 bits per heavy atom. The van der Waals surface area contributed by atoms with E-state index in [1.165, 1.54) is 11.1 Å². The van der Waals surface area contributed by atoms with E-state index in [2.05, 4.69) is 17.4 Å². The molecule has 0 aliphatic heterocycles. The van der Waals surface area contributed by atoms with Crippen molar-refractivity contribution in [1.29, 1.82) is 0 Å². The second-order valence-corrected chi connectivity index (χ2v) is 6.51. The van der Waals surface area contributed by atoms with Gasteiger partial charge in [0.05, 0.1) is 18.8 Å². The van der Waals surface area contributed by atoms with Gasteiger partial charge in [0.1, 0.15) is 5.75 Å². The van der Waals surface area contributed by atoms with Gasteiger partial charge in [0.25, 0.3) is 0 Å². The van der Waals surface area contributed by atoms with Crippen molar-refractivity contribution in [3.8, 4) is 5.75 Å². The number of aliphatic hydroxyl groups excluding tert-OH is 1. The number of fused-ring (bicyclic) bond motifs is 1. The number of ether oxygens (including phenoxy) is 1. The van der Waals surface area contributed by atoms with Gasteiger partial charge in [0.15, 0.2) is 0 Å². The Morgan fingerprint density at radius 3 is 2.81 bits per heavy atom. The maximum absolute atomic E-state index is 13.1. The number of aliphatic hydroxyl groups is 1. The molecule has 5 heteroatoms. The summed E-state index contributed by atoms with van der Waals surface area (Å²) < 4.78 is 5.34. The Hall–Kier alpha value is -2.53. The van der Waals surface area contributed by atoms with E-state index in [1.54, 1.807) is 7.11 Å². The van der Waals surface area contributed by atoms with Crippen LogP contribution in [0.2, 0.25) is 0 Å². The van der Waals surface area contributed by atoms with Crippen LogP contribution in [0.3, 0.4) is 0 Å². The third-order valence-corrected chi connectivity index (χ3v) is 4.88. The van der Waals surface area contributed by atoms with Gasteiger partial charge in [-0.2, -0.15) is 0 Å². The molecule has 0 bridgehead atoms. The second-order valence-electron chi connectivity index (χ2n) is 6.51. The lowest BCUT2D eigenvalue weighted by molar-refractivity contribution is 0.169. The van der Waals surface area contributed by atoms with Crippen molar-refractivity contribution in [2.24, 2.45) is 0 Å². The molecule has 2 amide bonds. The fourth-order valence-corrected chi connectivity index (χ4v) is 3.63. The molecule has 0 heterocycles. The van der Waals surface area contributed by atoms with E-state index < -0.39 is 0 Å². The first kappa shape index (κ1) is 18.3. The molecule has 1 atom stereocenters. The van der Waals surface area contributed by atoms with E-state index in [4.69, 9.17) is 4.74 Å². The SMILES string of the molecule is COc1ccccc1NC(=O)N(CCCO)[C@H]1CCCc2ccccc21. The van der Waals surface area contributed by atoms with Crippen LogP contribution in [0.25, 0.3) is 0 Å². The van der Waals surface area contributed by atoms with Crippen LogP contribution in [-0.2, 0) is 6.42 Å². The number of para-hydroxylation sites is 2. The Bertz CT molecular complexity index is 748. The minimum atomic E-state index is -0.162. The van der Waals surface area contributed by atoms with Gasteiger partial charge in [-0.05, 0) is 48.9 Å². The summed E-state index contributed by atoms with van der Waals surface area (Å²) in [5, 5.41) is 12.3. The quantitative estimate of drug-likeness (QED) is 0.824. The lowest BCUT2D eigenvalue weighted by atomic mass is 9.87. The van der Waals surface area contributed by atoms with Crippen molar-refractivity contribution in [3.63, 3.8) is 0 Å². The van der Waals surface area contributed by atoms with Crippen molar-refractivity contribution in [2.45, 2.75) is 31.7 Å². The lowest BCUT2D eigenvalue weighted by Crippen LogP contribution is -2.40. The molecule has 0 fully saturated rings. The summed E-state index contributed by atoms with van der Waals surface area (Å²) >= 11 is 0. The number of rotatable bonds is 6. The van der Waals surface area contributed by atoms with E-state index in [-0.39, 0.29) is 18.7 Å². The van der Waals surface area contributed by atoms with Gasteiger partial charge >= 0.3 is 6.03 Å². The molecular formula is C21H26N2O3. The van der Waals surface area contributed by atoms with Gasteiger partial charge in [-0.1, -0.05) is 36.4 Å². The summed E-state index contributed by atoms with van der Waals surface area (Å²) in [5.41, 5.74) is 3.17. The van der Waals surface area contributed by atoms with Crippen LogP contribution in [0.1, 0.15) is 36.4 Å². The van der Waals surface area contributed by atoms with Crippen LogP contribution in [0.4, 0.5) is 10.5 Å². The van der Waals surface area contributed by atoms with Crippen LogP contribution in [-0.4, -0.2) is 36.3 Å². The van der Waals surface area contributed by atoms with E-state index in [0.717, 1.165) is 19.3 Å². The third-order valence-electron chi connectivity index (χ3n) is 4.88. The molecule has 1 aliphatic rings. The molecule has 0 spiro atoms. The number of urea groups is 1. The molecule has 1 aliphatic carbocycles. The zero-order chi connectivity index (χ0) is 18.4. The number of amides is 2. The first-order valence-corrected chi connectivity index (χ1v) is 9.14. The average Bonchev–Trinajstić information content (AvgIpc) is 2.69. The molecule has 0 aromatic heterocycles. The Labute approximate surface area is 154 Å². The standard InChI is InChI=1S/C21H26N2O3/c1-26-20-13-5-4-11-18(20)22-21(25)23(14-7-15-24)19-12-6-9-16-8-2-3-10-17(16)19/h2-5,8,10-11,13,19,24H,6-7,9,12,14-15H2,1H3,(H,22,25)/t19-/m0/s1. The van der Waals surface area contributed by atoms with Crippen LogP contribution < -0.4 is 10.1 Å². The Balaban J connectivity index is 1.85. The lowest BCUT2D eigenvalue weighted by Gasteiger charge is -2.36. The summed E-state index contributed by atoms with van der Waals surface area (Å²) in [6.07, 6.45) is 3.59. The number of hydrogen-bond acceptors (Lipinski definition) is 3. The maximum atomic E-state index is 13.1. The molecule has 3 rings (SSSR count). The van der Waals surface area contributed by atoms with Gasteiger partial charge in [0.2, 0.25) is 0 Å². The first-order valence-electron chi connectivity index (χ1n) is 9.14. The van der Waals surface area contributed by atoms with Crippen molar-refractivity contribution in [2.75, 3.05) is 25.6 Å². The normalized spacial score (nSPS) is 15.8. The zero-order valence-corrected chi connectivity index (χ0v) is 15.1. The summed E-state index contributed by atoms with van der Waals surface area (Å²) in [6.45, 7) is 0.573. The van der Waals surface area contributed by atoms with E-state index in [0.29, 0.717) is 24.4 Å². The molecule has 138 valence electrons. The molecule has 0 unspecified atom stereocenters. The zero-order valence-electron chi connectivity index (χ0n) is 15.1. The van der Waals surface area contributed by atoms with Gasteiger partial charge in [-0.25, -0.2) is 4.79 Å². The van der Waals surface area contributed by atoms with Crippen LogP contribution >= 0.6 is 0 Å². The minimum Gasteiger partial charge on any atom is -0.495 e. The highest BCUT2D eigenvalue weighted by atomic mass is 16.5. The highest BCUT2D eigenvalue weighted by molar-refractivity contribution is 5.91. The van der Waals surface area contributed by atoms with Crippen molar-refractivity contribution >= 4 is 11.7 Å². The predicted octanol–water partition coefficient (Wildman–Crippen LogP) is 3.99. The summed E-state index contributed by atoms with van der Waals surface area (Å²) in [6, 6.07) is 15.6. The molecule has 0 saturated heterocycles. The van der Waals surface area contributed by atoms with E-state index in [9.17, 15) is 9.90 Å². The summed E-state index contributed by atoms with van der Waals surface area (Å²) in [4.78, 5) is 14.9. The number of hydrogen-bond donors (Lipinski definition) is 2. The molecule has 2 aromatic carbocycles. The fraction of sp³-hybridized carbons (Fsp3) is 0.381. The molecule has 26 heavy (non-hydrogen) atoms. The number of carbonyl (C=O) groups excluding carboxylic acids is 1. The maximum Gasteiger partial charge on any atom is 0.322 e. The molecule has 0 saturated carbocycles. The molecule has 2 aromatic rings.